The van der Waals surface area contributed by atoms with Crippen molar-refractivity contribution in [3.8, 4) is 0 Å². The molecule has 1 N–H and O–H groups in total. The average Bonchev–Trinajstić information content (AvgIpc) is 2.26. The van der Waals surface area contributed by atoms with Crippen LogP contribution in [0, 0.1) is 0 Å². The Balaban J connectivity index is 2.82. The van der Waals surface area contributed by atoms with E-state index in [0.717, 1.165) is 9.37 Å². The third kappa shape index (κ3) is 5.30. The van der Waals surface area contributed by atoms with Crippen molar-refractivity contribution in [1.82, 2.24) is 5.32 Å². The van der Waals surface area contributed by atoms with Crippen LogP contribution in [0.5, 0.6) is 0 Å². The zero-order chi connectivity index (χ0) is 13.8. The minimum atomic E-state index is -2.89. The van der Waals surface area contributed by atoms with Crippen molar-refractivity contribution in [2.75, 3.05) is 24.8 Å². The van der Waals surface area contributed by atoms with Gasteiger partial charge in [0.15, 0.2) is 0 Å². The molecule has 0 saturated carbocycles. The van der Waals surface area contributed by atoms with Crippen molar-refractivity contribution >= 4 is 37.5 Å². The molecule has 3 nitrogen and oxygen atoms in total. The molecule has 0 aliphatic carbocycles. The topological polar surface area (TPSA) is 46.2 Å². The number of sulfone groups is 1. The highest BCUT2D eigenvalue weighted by Gasteiger charge is 2.11. The van der Waals surface area contributed by atoms with E-state index in [0.29, 0.717) is 5.75 Å². The molecule has 0 heterocycles. The highest BCUT2D eigenvalue weighted by atomic mass is 79.9. The van der Waals surface area contributed by atoms with Crippen LogP contribution in [0.15, 0.2) is 27.6 Å². The van der Waals surface area contributed by atoms with Gasteiger partial charge >= 0.3 is 0 Å². The van der Waals surface area contributed by atoms with Crippen LogP contribution in [-0.2, 0) is 9.84 Å². The first kappa shape index (κ1) is 16.0. The van der Waals surface area contributed by atoms with Crippen LogP contribution < -0.4 is 5.32 Å². The summed E-state index contributed by atoms with van der Waals surface area (Å²) in [7, 11) is -0.977. The van der Waals surface area contributed by atoms with E-state index < -0.39 is 9.84 Å². The summed E-state index contributed by atoms with van der Waals surface area (Å²) >= 11 is 5.03. The average molecular weight is 352 g/mol. The van der Waals surface area contributed by atoms with Crippen molar-refractivity contribution in [1.29, 1.82) is 0 Å². The Hall–Kier alpha value is -0.0400. The molecule has 1 aromatic carbocycles. The SMILES string of the molecule is CNC(C)c1ccc(Br)cc1SCCS(C)(=O)=O. The fourth-order valence-electron chi connectivity index (χ4n) is 1.45. The lowest BCUT2D eigenvalue weighted by Gasteiger charge is -2.15. The minimum Gasteiger partial charge on any atom is -0.313 e. The van der Waals surface area contributed by atoms with Gasteiger partial charge in [0.05, 0.1) is 5.75 Å². The summed E-state index contributed by atoms with van der Waals surface area (Å²) in [6.07, 6.45) is 1.27. The number of thioether (sulfide) groups is 1. The molecular weight excluding hydrogens is 334 g/mol. The number of hydrogen-bond acceptors (Lipinski definition) is 4. The van der Waals surface area contributed by atoms with Gasteiger partial charge in [-0.25, -0.2) is 8.42 Å². The van der Waals surface area contributed by atoms with Crippen molar-refractivity contribution in [2.45, 2.75) is 17.9 Å². The fraction of sp³-hybridized carbons (Fsp3) is 0.500. The maximum Gasteiger partial charge on any atom is 0.148 e. The molecule has 1 atom stereocenters. The van der Waals surface area contributed by atoms with Gasteiger partial charge in [0.2, 0.25) is 0 Å². The third-order valence-corrected chi connectivity index (χ3v) is 5.36. The fourth-order valence-corrected chi connectivity index (χ4v) is 4.35. The van der Waals surface area contributed by atoms with Gasteiger partial charge in [0, 0.05) is 27.4 Å². The van der Waals surface area contributed by atoms with E-state index in [1.165, 1.54) is 11.8 Å². The molecule has 0 aliphatic rings. The minimum absolute atomic E-state index is 0.206. The van der Waals surface area contributed by atoms with E-state index in [1.54, 1.807) is 11.8 Å². The quantitative estimate of drug-likeness (QED) is 0.800. The second kappa shape index (κ2) is 6.93. The van der Waals surface area contributed by atoms with E-state index in [2.05, 4.69) is 34.2 Å². The lowest BCUT2D eigenvalue weighted by atomic mass is 10.1. The van der Waals surface area contributed by atoms with Crippen molar-refractivity contribution in [2.24, 2.45) is 0 Å². The van der Waals surface area contributed by atoms with Gasteiger partial charge in [-0.3, -0.25) is 0 Å². The van der Waals surface area contributed by atoms with Crippen LogP contribution in [-0.4, -0.2) is 33.2 Å². The van der Waals surface area contributed by atoms with Gasteiger partial charge in [0.25, 0.3) is 0 Å². The monoisotopic (exact) mass is 351 g/mol. The lowest BCUT2D eigenvalue weighted by Crippen LogP contribution is -2.13. The van der Waals surface area contributed by atoms with Crippen LogP contribution in [0.1, 0.15) is 18.5 Å². The zero-order valence-corrected chi connectivity index (χ0v) is 14.0. The second-order valence-electron chi connectivity index (χ2n) is 4.17. The molecule has 0 amide bonds. The largest absolute Gasteiger partial charge is 0.313 e. The number of rotatable bonds is 6. The number of halogens is 1. The molecule has 0 fully saturated rings. The summed E-state index contributed by atoms with van der Waals surface area (Å²) < 4.78 is 23.3. The van der Waals surface area contributed by atoms with E-state index in [1.807, 2.05) is 19.2 Å². The van der Waals surface area contributed by atoms with Gasteiger partial charge in [-0.1, -0.05) is 22.0 Å². The second-order valence-corrected chi connectivity index (χ2v) is 8.48. The summed E-state index contributed by atoms with van der Waals surface area (Å²) in [5.41, 5.74) is 1.19. The molecule has 18 heavy (non-hydrogen) atoms. The lowest BCUT2D eigenvalue weighted by molar-refractivity contribution is 0.603. The number of nitrogens with one attached hydrogen (secondary N) is 1. The Morgan fingerprint density at radius 2 is 2.11 bits per heavy atom. The molecule has 0 saturated heterocycles. The summed E-state index contributed by atoms with van der Waals surface area (Å²) in [6.45, 7) is 2.09. The molecule has 0 aliphatic heterocycles. The van der Waals surface area contributed by atoms with Crippen LogP contribution in [0.4, 0.5) is 0 Å². The van der Waals surface area contributed by atoms with Gasteiger partial charge in [-0.15, -0.1) is 11.8 Å². The van der Waals surface area contributed by atoms with Crippen LogP contribution in [0.2, 0.25) is 0 Å². The molecule has 0 radical (unpaired) electrons. The van der Waals surface area contributed by atoms with Crippen LogP contribution in [0.3, 0.4) is 0 Å². The molecule has 102 valence electrons. The van der Waals surface area contributed by atoms with Crippen molar-refractivity contribution in [3.63, 3.8) is 0 Å². The summed E-state index contributed by atoms with van der Waals surface area (Å²) in [5.74, 6) is 0.788. The Bertz CT molecular complexity index is 503. The Kier molecular flexibility index (Phi) is 6.17. The first-order valence-electron chi connectivity index (χ1n) is 5.60. The van der Waals surface area contributed by atoms with E-state index in [4.69, 9.17) is 0 Å². The van der Waals surface area contributed by atoms with Gasteiger partial charge in [0.1, 0.15) is 9.84 Å². The van der Waals surface area contributed by atoms with Crippen LogP contribution >= 0.6 is 27.7 Å². The predicted molar refractivity (Wildman–Crippen MR) is 82.1 cm³/mol. The first-order chi connectivity index (χ1) is 8.33. The summed E-state index contributed by atoms with van der Waals surface area (Å²) in [6, 6.07) is 6.35. The highest BCUT2D eigenvalue weighted by molar-refractivity contribution is 9.10. The van der Waals surface area contributed by atoms with E-state index in [-0.39, 0.29) is 11.8 Å². The summed E-state index contributed by atoms with van der Waals surface area (Å²) in [5, 5.41) is 3.20. The summed E-state index contributed by atoms with van der Waals surface area (Å²) in [4.78, 5) is 1.12. The predicted octanol–water partition coefficient (Wildman–Crippen LogP) is 2.87. The normalized spacial score (nSPS) is 13.6. The molecule has 1 rings (SSSR count). The van der Waals surface area contributed by atoms with Crippen molar-refractivity contribution in [3.05, 3.63) is 28.2 Å². The molecule has 0 bridgehead atoms. The number of hydrogen-bond donors (Lipinski definition) is 1. The van der Waals surface area contributed by atoms with Gasteiger partial charge < -0.3 is 5.32 Å². The van der Waals surface area contributed by atoms with Gasteiger partial charge in [-0.2, -0.15) is 0 Å². The van der Waals surface area contributed by atoms with E-state index >= 15 is 0 Å². The van der Waals surface area contributed by atoms with E-state index in [9.17, 15) is 8.42 Å². The standard InChI is InChI=1S/C12H18BrNO2S2/c1-9(14-2)11-5-4-10(13)8-12(11)17-6-7-18(3,15)16/h4-5,8-9,14H,6-7H2,1-3H3. The maximum atomic E-state index is 11.1. The molecule has 1 aromatic rings. The smallest absolute Gasteiger partial charge is 0.148 e. The van der Waals surface area contributed by atoms with Gasteiger partial charge in [-0.05, 0) is 31.7 Å². The number of benzene rings is 1. The zero-order valence-electron chi connectivity index (χ0n) is 10.7. The molecule has 1 unspecified atom stereocenters. The maximum absolute atomic E-state index is 11.1. The molecular formula is C12H18BrNO2S2. The van der Waals surface area contributed by atoms with Crippen LogP contribution in [0.25, 0.3) is 0 Å². The Morgan fingerprint density at radius 1 is 1.44 bits per heavy atom. The molecule has 0 aromatic heterocycles. The highest BCUT2D eigenvalue weighted by Crippen LogP contribution is 2.30. The third-order valence-electron chi connectivity index (χ3n) is 2.59. The first-order valence-corrected chi connectivity index (χ1v) is 9.44. The Morgan fingerprint density at radius 3 is 2.67 bits per heavy atom. The Labute approximate surface area is 122 Å². The molecule has 0 spiro atoms. The molecule has 6 heteroatoms. The van der Waals surface area contributed by atoms with Crippen molar-refractivity contribution < 1.29 is 8.42 Å².